The van der Waals surface area contributed by atoms with Gasteiger partial charge in [0, 0.05) is 84.8 Å². The summed E-state index contributed by atoms with van der Waals surface area (Å²) in [5.74, 6) is -8.89. The highest BCUT2D eigenvalue weighted by Gasteiger charge is 2.49. The minimum absolute atomic E-state index is 0.0248. The van der Waals surface area contributed by atoms with Crippen LogP contribution in [0.25, 0.3) is 16.5 Å². The van der Waals surface area contributed by atoms with Crippen LogP contribution in [0.3, 0.4) is 0 Å². The van der Waals surface area contributed by atoms with Gasteiger partial charge in [-0.15, -0.1) is 0 Å². The molecule has 13 N–H and O–H groups in total. The summed E-state index contributed by atoms with van der Waals surface area (Å²) in [4.78, 5) is 152. The molecule has 9 amide bonds. The van der Waals surface area contributed by atoms with Crippen LogP contribution in [0.1, 0.15) is 125 Å². The third kappa shape index (κ3) is 19.2. The Morgan fingerprint density at radius 2 is 1.43 bits per heavy atom. The maximum atomic E-state index is 15.5. The molecule has 5 aromatic rings. The van der Waals surface area contributed by atoms with E-state index < -0.39 is 143 Å². The van der Waals surface area contributed by atoms with Gasteiger partial charge in [-0.2, -0.15) is 23.5 Å². The van der Waals surface area contributed by atoms with Gasteiger partial charge in [-0.3, -0.25) is 47.9 Å². The van der Waals surface area contributed by atoms with Gasteiger partial charge in [0.1, 0.15) is 59.2 Å². The third-order valence-electron chi connectivity index (χ3n) is 19.2. The number of allylic oxidation sites excluding steroid dienone is 1. The lowest BCUT2D eigenvalue weighted by molar-refractivity contribution is -0.147. The van der Waals surface area contributed by atoms with Crippen molar-refractivity contribution in [2.45, 2.75) is 177 Å². The summed E-state index contributed by atoms with van der Waals surface area (Å²) >= 11 is 2.85. The topological polar surface area (TPSA) is 358 Å². The molecule has 0 radical (unpaired) electrons. The molecule has 4 aliphatic rings. The van der Waals surface area contributed by atoms with Gasteiger partial charge in [0.2, 0.25) is 53.2 Å². The van der Waals surface area contributed by atoms with E-state index in [4.69, 9.17) is 11.5 Å². The highest BCUT2D eigenvalue weighted by atomic mass is 32.2. The van der Waals surface area contributed by atoms with Crippen LogP contribution < -0.4 is 43.4 Å². The molecule has 100 heavy (non-hydrogen) atoms. The quantitative estimate of drug-likeness (QED) is 0.0688. The van der Waals surface area contributed by atoms with Crippen LogP contribution in [0.5, 0.6) is 5.75 Å². The van der Waals surface area contributed by atoms with E-state index in [0.29, 0.717) is 82.7 Å². The normalized spacial score (nSPS) is 25.2. The van der Waals surface area contributed by atoms with Gasteiger partial charge in [-0.1, -0.05) is 62.4 Å². The first-order valence-corrected chi connectivity index (χ1v) is 36.5. The number of halogens is 2. The van der Waals surface area contributed by atoms with Crippen molar-refractivity contribution in [2.24, 2.45) is 23.3 Å². The van der Waals surface area contributed by atoms with Gasteiger partial charge in [0.15, 0.2) is 5.78 Å². The van der Waals surface area contributed by atoms with E-state index in [-0.39, 0.29) is 76.0 Å². The van der Waals surface area contributed by atoms with Crippen molar-refractivity contribution in [1.82, 2.24) is 46.7 Å². The predicted octanol–water partition coefficient (Wildman–Crippen LogP) is 5.04. The molecular formula is C73H91F2N11O12S2. The fourth-order valence-electron chi connectivity index (χ4n) is 13.6. The first-order valence-electron chi connectivity index (χ1n) is 34.2. The second kappa shape index (κ2) is 34.6. The Morgan fingerprint density at radius 1 is 0.730 bits per heavy atom. The van der Waals surface area contributed by atoms with E-state index in [2.05, 4.69) is 36.9 Å². The molecule has 0 saturated carbocycles. The number of hydrogen-bond acceptors (Lipinski definition) is 15. The number of rotatable bonds is 13. The number of benzene rings is 4. The SMILES string of the molecule is CC(C)[C@H]1NC(=O)[C@H](CCCCN)NC(=O)CCSCc2cccc(c2)CSC[C@@H](C(N)=O)NC(=O)[C@]2(C)CCCN2C(=O)[C@H](Cc2ccc(O)cc2)NC(=O)[C@H]([C@@H](C)O)NC(=O)[C@@H]2CCCN2C(=O)[C@H](CC2=CCc3ccc(F)cc32)NC(=O)[C@H](Cc2c[nH]c3ccc(F)cc23)CC1=O. The lowest BCUT2D eigenvalue weighted by atomic mass is 9.87. The largest absolute Gasteiger partial charge is 0.508 e. The summed E-state index contributed by atoms with van der Waals surface area (Å²) in [7, 11) is 0. The number of aliphatic hydroxyl groups is 1. The number of primary amides is 1. The number of ketones is 1. The van der Waals surface area contributed by atoms with Crippen molar-refractivity contribution in [1.29, 1.82) is 0 Å². The van der Waals surface area contributed by atoms with E-state index in [1.54, 1.807) is 39.1 Å². The number of unbranched alkanes of at least 4 members (excludes halogenated alkanes) is 1. The lowest BCUT2D eigenvalue weighted by Gasteiger charge is -2.37. The van der Waals surface area contributed by atoms with Crippen LogP contribution >= 0.6 is 23.5 Å². The highest BCUT2D eigenvalue weighted by molar-refractivity contribution is 7.98. The highest BCUT2D eigenvalue weighted by Crippen LogP contribution is 2.35. The number of nitrogens with zero attached hydrogens (tertiary/aromatic N) is 2. The van der Waals surface area contributed by atoms with Crippen molar-refractivity contribution in [3.05, 3.63) is 142 Å². The average molecular weight is 1420 g/mol. The van der Waals surface area contributed by atoms with Gasteiger partial charge in [-0.05, 0) is 166 Å². The van der Waals surface area contributed by atoms with Gasteiger partial charge >= 0.3 is 0 Å². The molecule has 2 fully saturated rings. The summed E-state index contributed by atoms with van der Waals surface area (Å²) < 4.78 is 30.1. The molecule has 23 nitrogen and oxygen atoms in total. The Bertz CT molecular complexity index is 3870. The van der Waals surface area contributed by atoms with Gasteiger partial charge < -0.3 is 68.4 Å². The number of thioether (sulfide) groups is 2. The van der Waals surface area contributed by atoms with Gasteiger partial charge in [0.25, 0.3) is 0 Å². The number of aromatic amines is 1. The number of nitrogens with one attached hydrogen (secondary N) is 7. The summed E-state index contributed by atoms with van der Waals surface area (Å²) in [6.45, 7) is 6.60. The maximum Gasteiger partial charge on any atom is 0.246 e. The Morgan fingerprint density at radius 3 is 2.15 bits per heavy atom. The third-order valence-corrected chi connectivity index (χ3v) is 21.3. The van der Waals surface area contributed by atoms with Crippen LogP contribution in [-0.2, 0) is 78.7 Å². The molecule has 27 heteroatoms. The van der Waals surface area contributed by atoms with Crippen molar-refractivity contribution in [3.63, 3.8) is 0 Å². The van der Waals surface area contributed by atoms with E-state index in [0.717, 1.165) is 16.7 Å². The van der Waals surface area contributed by atoms with Crippen LogP contribution in [-0.4, -0.2) is 169 Å². The van der Waals surface area contributed by atoms with E-state index in [1.165, 1.54) is 94.8 Å². The Hall–Kier alpha value is -8.66. The number of phenols is 1. The maximum absolute atomic E-state index is 15.5. The molecule has 2 saturated heterocycles. The number of fused-ring (bicyclic) bond motifs is 6. The van der Waals surface area contributed by atoms with Crippen LogP contribution in [0.15, 0.2) is 97.2 Å². The number of amides is 9. The monoisotopic (exact) mass is 1420 g/mol. The molecule has 1 aromatic heterocycles. The first-order chi connectivity index (χ1) is 47.8. The molecular weight excluding hydrogens is 1320 g/mol. The minimum Gasteiger partial charge on any atom is -0.508 e. The summed E-state index contributed by atoms with van der Waals surface area (Å²) in [6.07, 6.45) is 3.11. The molecule has 536 valence electrons. The number of H-pyrrole nitrogens is 1. The number of phenolic OH excluding ortho intramolecular Hbond substituents is 1. The zero-order valence-electron chi connectivity index (χ0n) is 56.8. The molecule has 2 bridgehead atoms. The zero-order valence-corrected chi connectivity index (χ0v) is 58.4. The number of hydrogen-bond donors (Lipinski definition) is 11. The lowest BCUT2D eigenvalue weighted by Crippen LogP contribution is -2.64. The molecule has 0 unspecified atom stereocenters. The molecule has 1 aliphatic carbocycles. The summed E-state index contributed by atoms with van der Waals surface area (Å²) in [5.41, 5.74) is 15.3. The van der Waals surface area contributed by atoms with Crippen molar-refractivity contribution >= 4 is 98.9 Å². The van der Waals surface area contributed by atoms with E-state index >= 15 is 28.0 Å². The fraction of sp³-hybridized carbons (Fsp3) is 0.479. The second-order valence-corrected chi connectivity index (χ2v) is 29.1. The number of Topliss-reactive ketones (excluding diaryl/α,β-unsaturated/α-hetero) is 1. The van der Waals surface area contributed by atoms with Crippen molar-refractivity contribution in [3.8, 4) is 5.75 Å². The van der Waals surface area contributed by atoms with Crippen molar-refractivity contribution < 1.29 is 66.9 Å². The predicted molar refractivity (Wildman–Crippen MR) is 377 cm³/mol. The summed E-state index contributed by atoms with van der Waals surface area (Å²) in [5, 5.41) is 38.8. The Labute approximate surface area is 588 Å². The van der Waals surface area contributed by atoms with Crippen LogP contribution in [0.4, 0.5) is 8.78 Å². The minimum atomic E-state index is -1.76. The molecule has 4 aromatic carbocycles. The molecule has 0 spiro atoms. The molecule has 10 atom stereocenters. The average Bonchev–Trinajstić information content (AvgIpc) is 1.57. The molecule has 3 aliphatic heterocycles. The number of aromatic nitrogens is 1. The first kappa shape index (κ1) is 75.5. The molecule has 4 heterocycles. The number of nitrogens with two attached hydrogens (primary N) is 2. The van der Waals surface area contributed by atoms with Crippen LogP contribution in [0, 0.1) is 23.5 Å². The van der Waals surface area contributed by atoms with Crippen LogP contribution in [0.2, 0.25) is 0 Å². The zero-order chi connectivity index (χ0) is 71.9. The van der Waals surface area contributed by atoms with E-state index in [9.17, 15) is 39.0 Å². The Kier molecular flexibility index (Phi) is 26.1. The number of aromatic hydroxyl groups is 1. The summed E-state index contributed by atoms with van der Waals surface area (Å²) in [6, 6.07) is 12.5. The second-order valence-electron chi connectivity index (χ2n) is 27.0. The number of aliphatic hydroxyl groups excluding tert-OH is 1. The van der Waals surface area contributed by atoms with Gasteiger partial charge in [0.05, 0.1) is 12.1 Å². The standard InChI is InChI=1S/C73H91F2N11O12S2/c1-41(2)63-61(89)34-48(32-49-37-78-55-23-20-51(75)36-54(49)55)66(92)80-58(33-47-17-16-46-18-19-50(74)35-53(46)47)70(96)85-27-8-13-60(85)68(94)84-64(42(3)87)69(95)81-57(31-43-14-21-52(88)22-15-43)71(97)86-28-9-25-73(86,4)72(98)82-59(65(77)91)40-100-39-45-11-7-10-44(30-45)38-99-29-24-62(90)79-56(67(93)83-63)12-5-6-26-76/h7,10-11,14-15,17-23,30,35-37,41-42,48,56-60,63-64,78,87-88H,5-6,8-9,12-13,16,24-29,31-34,38-40,76H2,1-4H3,(H2,77,91)(H,79,90)(H,80,92)(H,81,95)(H,82,98)(H,83,93)(H,84,94)/t42-,48-,56+,57+,58+,59+,60+,63-,64+,73+/m1/s1. The van der Waals surface area contributed by atoms with Crippen molar-refractivity contribution in [2.75, 3.05) is 31.1 Å². The number of carbonyl (C=O) groups excluding carboxylic acids is 10. The fourth-order valence-corrected chi connectivity index (χ4v) is 15.5. The Balaban J connectivity index is 1.05. The number of carbonyl (C=O) groups is 10. The van der Waals surface area contributed by atoms with E-state index in [1.807, 2.05) is 24.3 Å². The molecule has 9 rings (SSSR count). The van der Waals surface area contributed by atoms with Gasteiger partial charge in [-0.25, -0.2) is 8.78 Å². The smallest absolute Gasteiger partial charge is 0.246 e.